The number of aryl methyl sites for hydroxylation is 1. The summed E-state index contributed by atoms with van der Waals surface area (Å²) in [6.45, 7) is 1.10. The summed E-state index contributed by atoms with van der Waals surface area (Å²) in [5, 5.41) is 0. The lowest BCUT2D eigenvalue weighted by molar-refractivity contribution is 0.719. The average molecular weight is 254 g/mol. The fourth-order valence-corrected chi connectivity index (χ4v) is 2.17. The predicted octanol–water partition coefficient (Wildman–Crippen LogP) is 3.73. The van der Waals surface area contributed by atoms with E-state index >= 15 is 0 Å². The Morgan fingerprint density at radius 1 is 0.895 bits per heavy atom. The number of rotatable bonds is 6. The van der Waals surface area contributed by atoms with Gasteiger partial charge in [-0.2, -0.15) is 0 Å². The standard InChI is InChI=1S/C17H22N2/c1-19(17-8-3-2-4-9-17)14-6-5-7-15-10-12-16(18)13-11-15/h2-4,8-13H,5-7,14,18H2,1H3. The molecule has 2 N–H and O–H groups in total. The van der Waals surface area contributed by atoms with Gasteiger partial charge in [-0.25, -0.2) is 0 Å². The lowest BCUT2D eigenvalue weighted by Gasteiger charge is -2.19. The maximum Gasteiger partial charge on any atom is 0.0363 e. The van der Waals surface area contributed by atoms with Crippen LogP contribution in [0.2, 0.25) is 0 Å². The SMILES string of the molecule is CN(CCCCc1ccc(N)cc1)c1ccccc1. The van der Waals surface area contributed by atoms with Gasteiger partial charge < -0.3 is 10.6 Å². The Labute approximate surface area is 115 Å². The molecule has 0 atom stereocenters. The van der Waals surface area contributed by atoms with Crippen molar-refractivity contribution in [2.75, 3.05) is 24.2 Å². The molecule has 0 aliphatic rings. The van der Waals surface area contributed by atoms with E-state index in [9.17, 15) is 0 Å². The van der Waals surface area contributed by atoms with Crippen LogP contribution in [0.15, 0.2) is 54.6 Å². The first-order valence-electron chi connectivity index (χ1n) is 6.86. The third-order valence-corrected chi connectivity index (χ3v) is 3.39. The molecule has 0 bridgehead atoms. The van der Waals surface area contributed by atoms with E-state index in [-0.39, 0.29) is 0 Å². The van der Waals surface area contributed by atoms with Crippen LogP contribution in [0.1, 0.15) is 18.4 Å². The Kier molecular flexibility index (Phi) is 4.85. The molecule has 2 aromatic rings. The number of nitrogens with two attached hydrogens (primary N) is 1. The summed E-state index contributed by atoms with van der Waals surface area (Å²) in [6, 6.07) is 18.7. The maximum atomic E-state index is 5.68. The zero-order chi connectivity index (χ0) is 13.5. The summed E-state index contributed by atoms with van der Waals surface area (Å²) in [5.41, 5.74) is 9.18. The first-order chi connectivity index (χ1) is 9.25. The van der Waals surface area contributed by atoms with Gasteiger partial charge in [0.25, 0.3) is 0 Å². The van der Waals surface area contributed by atoms with E-state index in [1.54, 1.807) is 0 Å². The summed E-state index contributed by atoms with van der Waals surface area (Å²) in [4.78, 5) is 2.31. The molecular formula is C17H22N2. The lowest BCUT2D eigenvalue weighted by atomic mass is 10.1. The van der Waals surface area contributed by atoms with Crippen molar-refractivity contribution in [1.29, 1.82) is 0 Å². The summed E-state index contributed by atoms with van der Waals surface area (Å²) in [5.74, 6) is 0. The molecule has 2 heteroatoms. The van der Waals surface area contributed by atoms with Gasteiger partial charge in [0.2, 0.25) is 0 Å². The number of nitrogens with zero attached hydrogens (tertiary/aromatic N) is 1. The summed E-state index contributed by atoms with van der Waals surface area (Å²) < 4.78 is 0. The van der Waals surface area contributed by atoms with Gasteiger partial charge in [-0.1, -0.05) is 30.3 Å². The number of para-hydroxylation sites is 1. The molecule has 2 nitrogen and oxygen atoms in total. The van der Waals surface area contributed by atoms with E-state index in [1.165, 1.54) is 24.1 Å². The van der Waals surface area contributed by atoms with E-state index in [0.29, 0.717) is 0 Å². The zero-order valence-corrected chi connectivity index (χ0v) is 11.5. The van der Waals surface area contributed by atoms with E-state index in [0.717, 1.165) is 18.7 Å². The molecule has 0 saturated carbocycles. The highest BCUT2D eigenvalue weighted by Crippen LogP contribution is 2.13. The topological polar surface area (TPSA) is 29.3 Å². The molecule has 0 aromatic heterocycles. The first-order valence-corrected chi connectivity index (χ1v) is 6.86. The largest absolute Gasteiger partial charge is 0.399 e. The molecule has 19 heavy (non-hydrogen) atoms. The summed E-state index contributed by atoms with van der Waals surface area (Å²) in [6.07, 6.45) is 3.54. The second kappa shape index (κ2) is 6.83. The van der Waals surface area contributed by atoms with Crippen LogP contribution in [-0.2, 0) is 6.42 Å². The van der Waals surface area contributed by atoms with Crippen LogP contribution in [-0.4, -0.2) is 13.6 Å². The van der Waals surface area contributed by atoms with Crippen molar-refractivity contribution in [3.05, 3.63) is 60.2 Å². The van der Waals surface area contributed by atoms with Crippen molar-refractivity contribution in [3.8, 4) is 0 Å². The van der Waals surface area contributed by atoms with Crippen molar-refractivity contribution in [3.63, 3.8) is 0 Å². The van der Waals surface area contributed by atoms with Gasteiger partial charge in [-0.3, -0.25) is 0 Å². The van der Waals surface area contributed by atoms with Crippen molar-refractivity contribution in [2.24, 2.45) is 0 Å². The number of nitrogen functional groups attached to an aromatic ring is 1. The van der Waals surface area contributed by atoms with Crippen LogP contribution in [0, 0.1) is 0 Å². The fourth-order valence-electron chi connectivity index (χ4n) is 2.17. The van der Waals surface area contributed by atoms with E-state index in [2.05, 4.69) is 54.4 Å². The Bertz CT molecular complexity index is 476. The number of hydrogen-bond acceptors (Lipinski definition) is 2. The minimum Gasteiger partial charge on any atom is -0.399 e. The van der Waals surface area contributed by atoms with Crippen LogP contribution < -0.4 is 10.6 Å². The first kappa shape index (κ1) is 13.5. The lowest BCUT2D eigenvalue weighted by Crippen LogP contribution is -2.18. The van der Waals surface area contributed by atoms with Crippen molar-refractivity contribution in [1.82, 2.24) is 0 Å². The maximum absolute atomic E-state index is 5.68. The molecular weight excluding hydrogens is 232 g/mol. The van der Waals surface area contributed by atoms with Gasteiger partial charge in [0.1, 0.15) is 0 Å². The number of anilines is 2. The molecule has 0 spiro atoms. The van der Waals surface area contributed by atoms with Crippen LogP contribution in [0.4, 0.5) is 11.4 Å². The smallest absolute Gasteiger partial charge is 0.0363 e. The molecule has 0 fully saturated rings. The third kappa shape index (κ3) is 4.32. The zero-order valence-electron chi connectivity index (χ0n) is 11.5. The number of hydrogen-bond donors (Lipinski definition) is 1. The van der Waals surface area contributed by atoms with Crippen LogP contribution >= 0.6 is 0 Å². The van der Waals surface area contributed by atoms with E-state index in [4.69, 9.17) is 5.73 Å². The van der Waals surface area contributed by atoms with Crippen LogP contribution in [0.25, 0.3) is 0 Å². The predicted molar refractivity (Wildman–Crippen MR) is 83.5 cm³/mol. The van der Waals surface area contributed by atoms with Gasteiger partial charge in [-0.05, 0) is 49.1 Å². The highest BCUT2D eigenvalue weighted by atomic mass is 15.1. The second-order valence-corrected chi connectivity index (χ2v) is 4.96. The minimum atomic E-state index is 0.840. The second-order valence-electron chi connectivity index (χ2n) is 4.96. The molecule has 100 valence electrons. The van der Waals surface area contributed by atoms with Crippen molar-refractivity contribution >= 4 is 11.4 Å². The van der Waals surface area contributed by atoms with Gasteiger partial charge >= 0.3 is 0 Å². The quantitative estimate of drug-likeness (QED) is 0.628. The van der Waals surface area contributed by atoms with Gasteiger partial charge in [0.05, 0.1) is 0 Å². The molecule has 2 aromatic carbocycles. The van der Waals surface area contributed by atoms with E-state index < -0.39 is 0 Å². The van der Waals surface area contributed by atoms with Crippen LogP contribution in [0.5, 0.6) is 0 Å². The molecule has 0 aliphatic carbocycles. The molecule has 0 amide bonds. The number of unbranched alkanes of at least 4 members (excludes halogenated alkanes) is 1. The molecule has 2 rings (SSSR count). The number of benzene rings is 2. The molecule has 0 heterocycles. The van der Waals surface area contributed by atoms with Gasteiger partial charge in [-0.15, -0.1) is 0 Å². The molecule has 0 aliphatic heterocycles. The average Bonchev–Trinajstić information content (AvgIpc) is 2.46. The third-order valence-electron chi connectivity index (χ3n) is 3.39. The van der Waals surface area contributed by atoms with E-state index in [1.807, 2.05) is 12.1 Å². The van der Waals surface area contributed by atoms with Crippen LogP contribution in [0.3, 0.4) is 0 Å². The summed E-state index contributed by atoms with van der Waals surface area (Å²) >= 11 is 0. The highest BCUT2D eigenvalue weighted by Gasteiger charge is 1.99. The molecule has 0 unspecified atom stereocenters. The van der Waals surface area contributed by atoms with Gasteiger partial charge in [0.15, 0.2) is 0 Å². The molecule has 0 saturated heterocycles. The minimum absolute atomic E-state index is 0.840. The van der Waals surface area contributed by atoms with Crippen molar-refractivity contribution < 1.29 is 0 Å². The highest BCUT2D eigenvalue weighted by molar-refractivity contribution is 5.44. The monoisotopic (exact) mass is 254 g/mol. The Hall–Kier alpha value is -1.96. The fraction of sp³-hybridized carbons (Fsp3) is 0.294. The Balaban J connectivity index is 1.71. The van der Waals surface area contributed by atoms with Crippen molar-refractivity contribution in [2.45, 2.75) is 19.3 Å². The normalized spacial score (nSPS) is 10.4. The Morgan fingerprint density at radius 2 is 1.58 bits per heavy atom. The van der Waals surface area contributed by atoms with Gasteiger partial charge in [0, 0.05) is 25.0 Å². The Morgan fingerprint density at radius 3 is 2.26 bits per heavy atom. The molecule has 0 radical (unpaired) electrons. The summed E-state index contributed by atoms with van der Waals surface area (Å²) in [7, 11) is 2.15.